The van der Waals surface area contributed by atoms with E-state index < -0.39 is 0 Å². The van der Waals surface area contributed by atoms with E-state index in [1.54, 1.807) is 6.07 Å². The van der Waals surface area contributed by atoms with Gasteiger partial charge in [-0.3, -0.25) is 0 Å². The summed E-state index contributed by atoms with van der Waals surface area (Å²) in [6, 6.07) is 5.17. The van der Waals surface area contributed by atoms with Crippen LogP contribution in [0, 0.1) is 11.3 Å². The normalized spacial score (nSPS) is 17.3. The fourth-order valence-electron chi connectivity index (χ4n) is 1.82. The van der Waals surface area contributed by atoms with Crippen molar-refractivity contribution in [3.63, 3.8) is 0 Å². The molecular weight excluding hydrogens is 226 g/mol. The lowest BCUT2D eigenvalue weighted by atomic mass is 9.77. The first-order valence-corrected chi connectivity index (χ1v) is 5.52. The van der Waals surface area contributed by atoms with E-state index in [9.17, 15) is 5.11 Å². The van der Waals surface area contributed by atoms with Gasteiger partial charge in [0.15, 0.2) is 0 Å². The van der Waals surface area contributed by atoms with Gasteiger partial charge in [-0.15, -0.1) is 0 Å². The highest BCUT2D eigenvalue weighted by Crippen LogP contribution is 2.34. The molecule has 0 unspecified atom stereocenters. The Labute approximate surface area is 98.9 Å². The quantitative estimate of drug-likeness (QED) is 0.789. The fraction of sp³-hybridized carbons (Fsp3) is 0.455. The van der Waals surface area contributed by atoms with E-state index >= 15 is 0 Å². The SMILES string of the molecule is N#Cc1cc(Cl)nc(NC2(CO)CCC2)c1. The molecule has 1 aromatic heterocycles. The fourth-order valence-corrected chi connectivity index (χ4v) is 2.03. The Balaban J connectivity index is 2.21. The van der Waals surface area contributed by atoms with E-state index in [1.165, 1.54) is 6.07 Å². The molecule has 2 rings (SSSR count). The molecule has 0 atom stereocenters. The summed E-state index contributed by atoms with van der Waals surface area (Å²) in [5.41, 5.74) is 0.194. The largest absolute Gasteiger partial charge is 0.394 e. The second kappa shape index (κ2) is 4.28. The zero-order valence-electron chi connectivity index (χ0n) is 8.70. The van der Waals surface area contributed by atoms with Gasteiger partial charge in [-0.2, -0.15) is 5.26 Å². The molecule has 84 valence electrons. The number of nitriles is 1. The number of aromatic nitrogens is 1. The van der Waals surface area contributed by atoms with Gasteiger partial charge in [-0.25, -0.2) is 4.98 Å². The summed E-state index contributed by atoms with van der Waals surface area (Å²) in [5.74, 6) is 0.554. The minimum atomic E-state index is -0.273. The standard InChI is InChI=1S/C11H12ClN3O/c12-9-4-8(6-13)5-10(14-9)15-11(7-16)2-1-3-11/h4-5,16H,1-3,7H2,(H,14,15). The smallest absolute Gasteiger partial charge is 0.132 e. The molecule has 0 spiro atoms. The summed E-state index contributed by atoms with van der Waals surface area (Å²) in [4.78, 5) is 4.09. The number of rotatable bonds is 3. The number of pyridine rings is 1. The number of aliphatic hydroxyl groups excluding tert-OH is 1. The van der Waals surface area contributed by atoms with Crippen molar-refractivity contribution in [2.75, 3.05) is 11.9 Å². The van der Waals surface area contributed by atoms with Crippen molar-refractivity contribution in [2.24, 2.45) is 0 Å². The van der Waals surface area contributed by atoms with Gasteiger partial charge in [0.25, 0.3) is 0 Å². The number of anilines is 1. The van der Waals surface area contributed by atoms with Crippen molar-refractivity contribution in [3.8, 4) is 6.07 Å². The van der Waals surface area contributed by atoms with E-state index in [1.807, 2.05) is 6.07 Å². The first-order chi connectivity index (χ1) is 7.67. The second-order valence-electron chi connectivity index (χ2n) is 4.09. The van der Waals surface area contributed by atoms with Crippen molar-refractivity contribution in [1.82, 2.24) is 4.98 Å². The Morgan fingerprint density at radius 3 is 2.81 bits per heavy atom. The van der Waals surface area contributed by atoms with Gasteiger partial charge in [-0.05, 0) is 31.4 Å². The molecule has 1 fully saturated rings. The number of aliphatic hydroxyl groups is 1. The summed E-state index contributed by atoms with van der Waals surface area (Å²) in [6.45, 7) is 0.0725. The van der Waals surface area contributed by atoms with Crippen LogP contribution in [-0.4, -0.2) is 22.2 Å². The zero-order valence-corrected chi connectivity index (χ0v) is 9.46. The Hall–Kier alpha value is -1.31. The molecule has 1 aliphatic carbocycles. The van der Waals surface area contributed by atoms with Crippen LogP contribution >= 0.6 is 11.6 Å². The Morgan fingerprint density at radius 1 is 1.56 bits per heavy atom. The molecule has 0 aromatic carbocycles. The van der Waals surface area contributed by atoms with E-state index in [-0.39, 0.29) is 17.3 Å². The van der Waals surface area contributed by atoms with Crippen molar-refractivity contribution < 1.29 is 5.11 Å². The third-order valence-electron chi connectivity index (χ3n) is 2.93. The predicted octanol–water partition coefficient (Wildman–Crippen LogP) is 1.93. The Morgan fingerprint density at radius 2 is 2.31 bits per heavy atom. The molecule has 1 heterocycles. The molecule has 0 amide bonds. The van der Waals surface area contributed by atoms with Crippen molar-refractivity contribution in [2.45, 2.75) is 24.8 Å². The molecule has 0 bridgehead atoms. The minimum absolute atomic E-state index is 0.0725. The molecular formula is C11H12ClN3O. The topological polar surface area (TPSA) is 68.9 Å². The molecule has 0 saturated heterocycles. The van der Waals surface area contributed by atoms with E-state index in [4.69, 9.17) is 16.9 Å². The zero-order chi connectivity index (χ0) is 11.6. The first-order valence-electron chi connectivity index (χ1n) is 5.14. The van der Waals surface area contributed by atoms with Gasteiger partial charge in [0.1, 0.15) is 11.0 Å². The van der Waals surface area contributed by atoms with Crippen LogP contribution in [0.4, 0.5) is 5.82 Å². The monoisotopic (exact) mass is 237 g/mol. The van der Waals surface area contributed by atoms with Crippen LogP contribution in [0.1, 0.15) is 24.8 Å². The summed E-state index contributed by atoms with van der Waals surface area (Å²) < 4.78 is 0. The van der Waals surface area contributed by atoms with Crippen LogP contribution in [0.25, 0.3) is 0 Å². The number of hydrogen-bond acceptors (Lipinski definition) is 4. The lowest BCUT2D eigenvalue weighted by Crippen LogP contribution is -2.48. The van der Waals surface area contributed by atoms with Gasteiger partial charge in [0.2, 0.25) is 0 Å². The van der Waals surface area contributed by atoms with Gasteiger partial charge in [0.05, 0.1) is 23.8 Å². The van der Waals surface area contributed by atoms with Gasteiger partial charge >= 0.3 is 0 Å². The molecule has 1 aromatic rings. The summed E-state index contributed by atoms with van der Waals surface area (Å²) in [5, 5.41) is 21.6. The van der Waals surface area contributed by atoms with Crippen molar-refractivity contribution >= 4 is 17.4 Å². The molecule has 1 saturated carbocycles. The third-order valence-corrected chi connectivity index (χ3v) is 3.12. The Kier molecular flexibility index (Phi) is 2.99. The molecule has 4 nitrogen and oxygen atoms in total. The van der Waals surface area contributed by atoms with E-state index in [0.717, 1.165) is 19.3 Å². The van der Waals surface area contributed by atoms with E-state index in [2.05, 4.69) is 10.3 Å². The highest BCUT2D eigenvalue weighted by molar-refractivity contribution is 6.29. The Bertz CT molecular complexity index is 432. The minimum Gasteiger partial charge on any atom is -0.394 e. The lowest BCUT2D eigenvalue weighted by Gasteiger charge is -2.41. The highest BCUT2D eigenvalue weighted by Gasteiger charge is 2.36. The number of nitrogens with zero attached hydrogens (tertiary/aromatic N) is 2. The van der Waals surface area contributed by atoms with Crippen LogP contribution in [0.2, 0.25) is 5.15 Å². The third kappa shape index (κ3) is 2.11. The van der Waals surface area contributed by atoms with Crippen LogP contribution in [0.5, 0.6) is 0 Å². The summed E-state index contributed by atoms with van der Waals surface area (Å²) in [7, 11) is 0. The maximum absolute atomic E-state index is 9.31. The molecule has 0 radical (unpaired) electrons. The molecule has 5 heteroatoms. The van der Waals surface area contributed by atoms with Crippen molar-refractivity contribution in [1.29, 1.82) is 5.26 Å². The summed E-state index contributed by atoms with van der Waals surface area (Å²) >= 11 is 5.80. The van der Waals surface area contributed by atoms with Crippen LogP contribution in [0.3, 0.4) is 0 Å². The van der Waals surface area contributed by atoms with Crippen LogP contribution < -0.4 is 5.32 Å². The predicted molar refractivity (Wildman–Crippen MR) is 61.3 cm³/mol. The summed E-state index contributed by atoms with van der Waals surface area (Å²) in [6.07, 6.45) is 2.93. The van der Waals surface area contributed by atoms with Crippen LogP contribution in [-0.2, 0) is 0 Å². The average molecular weight is 238 g/mol. The maximum atomic E-state index is 9.31. The second-order valence-corrected chi connectivity index (χ2v) is 4.48. The highest BCUT2D eigenvalue weighted by atomic mass is 35.5. The molecule has 1 aliphatic rings. The van der Waals surface area contributed by atoms with Crippen LogP contribution in [0.15, 0.2) is 12.1 Å². The number of hydrogen-bond donors (Lipinski definition) is 2. The lowest BCUT2D eigenvalue weighted by molar-refractivity contribution is 0.144. The average Bonchev–Trinajstić information content (AvgIpc) is 2.22. The van der Waals surface area contributed by atoms with E-state index in [0.29, 0.717) is 11.4 Å². The van der Waals surface area contributed by atoms with Gasteiger partial charge < -0.3 is 10.4 Å². The maximum Gasteiger partial charge on any atom is 0.132 e. The molecule has 2 N–H and O–H groups in total. The molecule has 16 heavy (non-hydrogen) atoms. The van der Waals surface area contributed by atoms with Crippen molar-refractivity contribution in [3.05, 3.63) is 22.8 Å². The molecule has 0 aliphatic heterocycles. The van der Waals surface area contributed by atoms with Gasteiger partial charge in [-0.1, -0.05) is 11.6 Å². The number of halogens is 1. The number of nitrogens with one attached hydrogen (secondary N) is 1. The first kappa shape index (κ1) is 11.2. The van der Waals surface area contributed by atoms with Gasteiger partial charge in [0, 0.05) is 0 Å².